The third-order valence-corrected chi connectivity index (χ3v) is 4.78. The fourth-order valence-corrected chi connectivity index (χ4v) is 3.30. The van der Waals surface area contributed by atoms with E-state index in [1.807, 2.05) is 25.1 Å². The third-order valence-electron chi connectivity index (χ3n) is 4.78. The molecule has 1 saturated carbocycles. The normalized spacial score (nSPS) is 18.9. The Bertz CT molecular complexity index is 592. The number of hydrogen-bond donors (Lipinski definition) is 2. The number of carbonyl (C=O) groups is 2. The zero-order valence-electron chi connectivity index (χ0n) is 16.0. The van der Waals surface area contributed by atoms with E-state index in [9.17, 15) is 9.59 Å². The summed E-state index contributed by atoms with van der Waals surface area (Å²) in [5, 5.41) is 17.6. The first-order valence-corrected chi connectivity index (χ1v) is 9.70. The molecular weight excluding hydrogens is 340 g/mol. The first-order chi connectivity index (χ1) is 12.5. The molecule has 1 aliphatic carbocycles. The van der Waals surface area contributed by atoms with Crippen molar-refractivity contribution in [1.82, 2.24) is 0 Å². The second-order valence-corrected chi connectivity index (χ2v) is 6.95. The van der Waals surface area contributed by atoms with Gasteiger partial charge in [-0.05, 0) is 42.9 Å². The second kappa shape index (κ2) is 14.0. The summed E-state index contributed by atoms with van der Waals surface area (Å²) < 4.78 is 0. The average Bonchev–Trinajstić information content (AvgIpc) is 2.65. The van der Waals surface area contributed by atoms with Crippen molar-refractivity contribution in [3.63, 3.8) is 0 Å². The number of unbranched alkanes of at least 4 members (excludes halogenated alkanes) is 1. The molecule has 1 fully saturated rings. The molecule has 27 heavy (non-hydrogen) atoms. The van der Waals surface area contributed by atoms with Crippen LogP contribution in [-0.2, 0) is 4.79 Å². The Morgan fingerprint density at radius 3 is 2.52 bits per heavy atom. The van der Waals surface area contributed by atoms with Gasteiger partial charge in [-0.3, -0.25) is 4.79 Å². The zero-order chi connectivity index (χ0) is 19.4. The molecule has 0 aliphatic heterocycles. The molecule has 4 heteroatoms. The van der Waals surface area contributed by atoms with E-state index in [0.717, 1.165) is 31.2 Å². The van der Waals surface area contributed by atoms with E-state index >= 15 is 0 Å². The van der Waals surface area contributed by atoms with E-state index in [0.29, 0.717) is 11.5 Å². The van der Waals surface area contributed by atoms with Crippen LogP contribution in [0.2, 0.25) is 0 Å². The number of aromatic carboxylic acids is 1. The van der Waals surface area contributed by atoms with Gasteiger partial charge >= 0.3 is 11.9 Å². The molecule has 0 amide bonds. The van der Waals surface area contributed by atoms with Crippen molar-refractivity contribution in [2.75, 3.05) is 0 Å². The summed E-state index contributed by atoms with van der Waals surface area (Å²) in [7, 11) is 0. The summed E-state index contributed by atoms with van der Waals surface area (Å²) in [6.45, 7) is 4.23. The Hall–Kier alpha value is -2.10. The first-order valence-electron chi connectivity index (χ1n) is 9.70. The molecule has 1 aliphatic rings. The maximum absolute atomic E-state index is 10.8. The topological polar surface area (TPSA) is 74.6 Å². The fraction of sp³-hybridized carbons (Fsp3) is 0.565. The molecule has 0 saturated heterocycles. The van der Waals surface area contributed by atoms with Crippen molar-refractivity contribution in [2.45, 2.75) is 72.6 Å². The van der Waals surface area contributed by atoms with Crippen LogP contribution in [-0.4, -0.2) is 22.2 Å². The lowest BCUT2D eigenvalue weighted by molar-refractivity contribution is -0.143. The van der Waals surface area contributed by atoms with Crippen molar-refractivity contribution in [3.05, 3.63) is 41.5 Å². The average molecular weight is 377 g/mol. The van der Waals surface area contributed by atoms with Gasteiger partial charge in [-0.1, -0.05) is 77.7 Å². The quantitative estimate of drug-likeness (QED) is 0.568. The van der Waals surface area contributed by atoms with Gasteiger partial charge in [-0.2, -0.15) is 0 Å². The predicted molar refractivity (Wildman–Crippen MR) is 112 cm³/mol. The molecule has 152 valence electrons. The molecule has 0 aromatic heterocycles. The van der Waals surface area contributed by atoms with Gasteiger partial charge in [0.1, 0.15) is 0 Å². The Labute approximate surface area is 164 Å². The number of hydrogen-bond acceptors (Lipinski definition) is 2. The van der Waals surface area contributed by atoms with Gasteiger partial charge in [-0.15, -0.1) is 0 Å². The van der Waals surface area contributed by atoms with E-state index in [1.165, 1.54) is 25.7 Å². The van der Waals surface area contributed by atoms with Crippen LogP contribution in [0.4, 0.5) is 0 Å². The Kier molecular flexibility index (Phi) is 12.9. The fourth-order valence-electron chi connectivity index (χ4n) is 3.30. The Morgan fingerprint density at radius 1 is 1.19 bits per heavy atom. The minimum absolute atomic E-state index is 0. The minimum Gasteiger partial charge on any atom is -0.481 e. The largest absolute Gasteiger partial charge is 0.481 e. The lowest BCUT2D eigenvalue weighted by Crippen LogP contribution is -2.22. The van der Waals surface area contributed by atoms with E-state index < -0.39 is 11.9 Å². The van der Waals surface area contributed by atoms with E-state index in [2.05, 4.69) is 6.92 Å². The van der Waals surface area contributed by atoms with Crippen LogP contribution in [0, 0.1) is 11.8 Å². The number of aliphatic carboxylic acids is 1. The summed E-state index contributed by atoms with van der Waals surface area (Å²) in [5.74, 6) is -0.821. The van der Waals surface area contributed by atoms with Crippen molar-refractivity contribution in [3.8, 4) is 0 Å². The summed E-state index contributed by atoms with van der Waals surface area (Å²) in [4.78, 5) is 21.4. The standard InChI is InChI=1S/C11H20O2.C11H12O2.CH4/c2*1-2-3-5-9-6-4-7-10(8-9)11(12)13;/h9-10H,2-8H2,1H3,(H,12,13);3-8H,2H2,1H3,(H,12,13);1H4. The van der Waals surface area contributed by atoms with Crippen LogP contribution >= 0.6 is 0 Å². The van der Waals surface area contributed by atoms with Crippen LogP contribution in [0.1, 0.15) is 88.6 Å². The molecule has 0 spiro atoms. The molecule has 2 rings (SSSR count). The summed E-state index contributed by atoms with van der Waals surface area (Å²) in [6.07, 6.45) is 12.8. The minimum atomic E-state index is -0.883. The monoisotopic (exact) mass is 376 g/mol. The van der Waals surface area contributed by atoms with Crippen LogP contribution in [0.25, 0.3) is 6.08 Å². The Balaban J connectivity index is 0.000000483. The first kappa shape index (κ1) is 24.9. The van der Waals surface area contributed by atoms with Gasteiger partial charge in [0.15, 0.2) is 0 Å². The maximum Gasteiger partial charge on any atom is 0.335 e. The number of carboxylic acids is 2. The smallest absolute Gasteiger partial charge is 0.335 e. The highest BCUT2D eigenvalue weighted by Crippen LogP contribution is 2.32. The third kappa shape index (κ3) is 9.97. The van der Waals surface area contributed by atoms with Gasteiger partial charge < -0.3 is 10.2 Å². The molecule has 4 nitrogen and oxygen atoms in total. The van der Waals surface area contributed by atoms with Crippen molar-refractivity contribution < 1.29 is 19.8 Å². The molecule has 0 bridgehead atoms. The van der Waals surface area contributed by atoms with E-state index in [4.69, 9.17) is 10.2 Å². The van der Waals surface area contributed by atoms with Crippen LogP contribution in [0.15, 0.2) is 30.3 Å². The van der Waals surface area contributed by atoms with Gasteiger partial charge in [0, 0.05) is 0 Å². The molecule has 2 unspecified atom stereocenters. The van der Waals surface area contributed by atoms with Gasteiger partial charge in [-0.25, -0.2) is 4.79 Å². The number of benzene rings is 1. The van der Waals surface area contributed by atoms with Gasteiger partial charge in [0.2, 0.25) is 0 Å². The van der Waals surface area contributed by atoms with E-state index in [-0.39, 0.29) is 13.3 Å². The molecule has 0 heterocycles. The van der Waals surface area contributed by atoms with Crippen molar-refractivity contribution in [2.24, 2.45) is 11.8 Å². The molecular formula is C23H36O4. The zero-order valence-corrected chi connectivity index (χ0v) is 16.0. The van der Waals surface area contributed by atoms with Crippen LogP contribution < -0.4 is 0 Å². The highest BCUT2D eigenvalue weighted by molar-refractivity contribution is 5.88. The highest BCUT2D eigenvalue weighted by atomic mass is 16.4. The second-order valence-electron chi connectivity index (χ2n) is 6.95. The summed E-state index contributed by atoms with van der Waals surface area (Å²) >= 11 is 0. The lowest BCUT2D eigenvalue weighted by Gasteiger charge is -2.26. The Morgan fingerprint density at radius 2 is 1.93 bits per heavy atom. The van der Waals surface area contributed by atoms with E-state index in [1.54, 1.807) is 18.2 Å². The van der Waals surface area contributed by atoms with Crippen LogP contribution in [0.5, 0.6) is 0 Å². The van der Waals surface area contributed by atoms with Gasteiger partial charge in [0.05, 0.1) is 11.5 Å². The molecule has 0 radical (unpaired) electrons. The molecule has 1 aromatic carbocycles. The molecule has 2 atom stereocenters. The maximum atomic E-state index is 10.8. The van der Waals surface area contributed by atoms with Crippen molar-refractivity contribution in [1.29, 1.82) is 0 Å². The predicted octanol–water partition coefficient (Wildman–Crippen LogP) is 6.51. The highest BCUT2D eigenvalue weighted by Gasteiger charge is 2.26. The summed E-state index contributed by atoms with van der Waals surface area (Å²) in [5.41, 5.74) is 1.26. The number of rotatable bonds is 7. The lowest BCUT2D eigenvalue weighted by atomic mass is 9.79. The SMILES string of the molecule is C.CCC=Cc1cccc(C(=O)O)c1.CCCCC1CCCC(C(=O)O)C1. The number of carboxylic acid groups (broad SMARTS) is 2. The molecule has 2 N–H and O–H groups in total. The van der Waals surface area contributed by atoms with Crippen molar-refractivity contribution >= 4 is 18.0 Å². The van der Waals surface area contributed by atoms with Gasteiger partial charge in [0.25, 0.3) is 0 Å². The molecule has 1 aromatic rings. The number of allylic oxidation sites excluding steroid dienone is 1. The van der Waals surface area contributed by atoms with Crippen LogP contribution in [0.3, 0.4) is 0 Å². The summed E-state index contributed by atoms with van der Waals surface area (Å²) in [6, 6.07) is 6.89.